The zero-order chi connectivity index (χ0) is 10.6. The van der Waals surface area contributed by atoms with E-state index in [0.29, 0.717) is 6.42 Å². The van der Waals surface area contributed by atoms with Crippen molar-refractivity contribution in [3.63, 3.8) is 0 Å². The van der Waals surface area contributed by atoms with Crippen LogP contribution in [0.25, 0.3) is 0 Å². The van der Waals surface area contributed by atoms with E-state index in [-0.39, 0.29) is 0 Å². The summed E-state index contributed by atoms with van der Waals surface area (Å²) in [5.41, 5.74) is 0.638. The Morgan fingerprint density at radius 2 is 2.00 bits per heavy atom. The minimum Gasteiger partial charge on any atom is -0.380 e. The minimum absolute atomic E-state index is 0.492. The molecule has 74 valence electrons. The third-order valence-electron chi connectivity index (χ3n) is 2.40. The second kappa shape index (κ2) is 4.25. The van der Waals surface area contributed by atoms with Crippen LogP contribution in [0, 0.1) is 0 Å². The van der Waals surface area contributed by atoms with Gasteiger partial charge in [0.1, 0.15) is 5.60 Å². The SMILES string of the molecule is C=CCC(O)(C(=C)C)c1ccccc1. The van der Waals surface area contributed by atoms with E-state index in [2.05, 4.69) is 13.2 Å². The van der Waals surface area contributed by atoms with Crippen molar-refractivity contribution in [3.8, 4) is 0 Å². The molecular weight excluding hydrogens is 172 g/mol. The first-order valence-electron chi connectivity index (χ1n) is 4.66. The van der Waals surface area contributed by atoms with Crippen LogP contribution in [0.15, 0.2) is 55.1 Å². The van der Waals surface area contributed by atoms with Crippen LogP contribution in [0.5, 0.6) is 0 Å². The molecule has 0 aromatic heterocycles. The van der Waals surface area contributed by atoms with Crippen molar-refractivity contribution in [1.29, 1.82) is 0 Å². The smallest absolute Gasteiger partial charge is 0.113 e. The molecule has 0 aliphatic heterocycles. The van der Waals surface area contributed by atoms with Crippen molar-refractivity contribution in [2.75, 3.05) is 0 Å². The van der Waals surface area contributed by atoms with E-state index in [1.807, 2.05) is 37.3 Å². The molecule has 1 nitrogen and oxygen atoms in total. The molecule has 0 aliphatic rings. The normalized spacial score (nSPS) is 14.4. The van der Waals surface area contributed by atoms with Gasteiger partial charge in [-0.05, 0) is 18.1 Å². The van der Waals surface area contributed by atoms with E-state index in [9.17, 15) is 5.11 Å². The van der Waals surface area contributed by atoms with Gasteiger partial charge in [-0.1, -0.05) is 43.0 Å². The molecule has 0 fully saturated rings. The Labute approximate surface area is 85.4 Å². The molecule has 1 N–H and O–H groups in total. The lowest BCUT2D eigenvalue weighted by Gasteiger charge is -2.28. The summed E-state index contributed by atoms with van der Waals surface area (Å²) in [4.78, 5) is 0. The van der Waals surface area contributed by atoms with Gasteiger partial charge in [0.2, 0.25) is 0 Å². The molecule has 0 radical (unpaired) electrons. The first kappa shape index (κ1) is 10.7. The number of hydrogen-bond donors (Lipinski definition) is 1. The lowest BCUT2D eigenvalue weighted by molar-refractivity contribution is 0.0801. The molecule has 1 atom stereocenters. The van der Waals surface area contributed by atoms with Crippen molar-refractivity contribution in [3.05, 3.63) is 60.7 Å². The van der Waals surface area contributed by atoms with Gasteiger partial charge in [-0.25, -0.2) is 0 Å². The molecule has 14 heavy (non-hydrogen) atoms. The second-order valence-corrected chi connectivity index (χ2v) is 3.50. The predicted octanol–water partition coefficient (Wildman–Crippen LogP) is 3.03. The topological polar surface area (TPSA) is 20.2 Å². The fourth-order valence-electron chi connectivity index (χ4n) is 1.46. The Bertz CT molecular complexity index is 326. The minimum atomic E-state index is -0.969. The standard InChI is InChI=1S/C13H16O/c1-4-10-13(14,11(2)3)12-8-6-5-7-9-12/h4-9,14H,1-2,10H2,3H3. The molecule has 0 aliphatic carbocycles. The lowest BCUT2D eigenvalue weighted by atomic mass is 9.85. The zero-order valence-corrected chi connectivity index (χ0v) is 8.53. The average Bonchev–Trinajstić information content (AvgIpc) is 2.19. The molecular formula is C13H16O. The molecule has 0 heterocycles. The van der Waals surface area contributed by atoms with Crippen LogP contribution < -0.4 is 0 Å². The van der Waals surface area contributed by atoms with Gasteiger partial charge < -0.3 is 5.11 Å². The molecule has 1 heteroatoms. The third-order valence-corrected chi connectivity index (χ3v) is 2.40. The molecule has 0 saturated carbocycles. The Hall–Kier alpha value is -1.34. The first-order chi connectivity index (χ1) is 6.61. The highest BCUT2D eigenvalue weighted by Gasteiger charge is 2.28. The lowest BCUT2D eigenvalue weighted by Crippen LogP contribution is -2.25. The Morgan fingerprint density at radius 1 is 1.43 bits per heavy atom. The van der Waals surface area contributed by atoms with Gasteiger partial charge in [-0.3, -0.25) is 0 Å². The molecule has 1 unspecified atom stereocenters. The van der Waals surface area contributed by atoms with E-state index in [0.717, 1.165) is 11.1 Å². The van der Waals surface area contributed by atoms with E-state index < -0.39 is 5.60 Å². The van der Waals surface area contributed by atoms with E-state index in [4.69, 9.17) is 0 Å². The van der Waals surface area contributed by atoms with Gasteiger partial charge in [0.05, 0.1) is 0 Å². The summed E-state index contributed by atoms with van der Waals surface area (Å²) in [6, 6.07) is 9.55. The largest absolute Gasteiger partial charge is 0.380 e. The van der Waals surface area contributed by atoms with Crippen molar-refractivity contribution in [2.24, 2.45) is 0 Å². The second-order valence-electron chi connectivity index (χ2n) is 3.50. The predicted molar refractivity (Wildman–Crippen MR) is 60.0 cm³/mol. The van der Waals surface area contributed by atoms with Crippen molar-refractivity contribution >= 4 is 0 Å². The summed E-state index contributed by atoms with van der Waals surface area (Å²) in [6.07, 6.45) is 2.20. The average molecular weight is 188 g/mol. The van der Waals surface area contributed by atoms with E-state index >= 15 is 0 Å². The van der Waals surface area contributed by atoms with Crippen LogP contribution in [0.1, 0.15) is 18.9 Å². The summed E-state index contributed by atoms with van der Waals surface area (Å²) < 4.78 is 0. The van der Waals surface area contributed by atoms with Gasteiger partial charge >= 0.3 is 0 Å². The fourth-order valence-corrected chi connectivity index (χ4v) is 1.46. The molecule has 1 rings (SSSR count). The monoisotopic (exact) mass is 188 g/mol. The van der Waals surface area contributed by atoms with Crippen molar-refractivity contribution < 1.29 is 5.11 Å². The van der Waals surface area contributed by atoms with Crippen LogP contribution in [0.3, 0.4) is 0 Å². The summed E-state index contributed by atoms with van der Waals surface area (Å²) in [5.74, 6) is 0. The molecule has 0 spiro atoms. The Kier molecular flexibility index (Phi) is 3.26. The maximum Gasteiger partial charge on any atom is 0.113 e. The molecule has 0 bridgehead atoms. The van der Waals surface area contributed by atoms with Crippen LogP contribution in [0.4, 0.5) is 0 Å². The maximum absolute atomic E-state index is 10.4. The third kappa shape index (κ3) is 1.94. The van der Waals surface area contributed by atoms with E-state index in [1.54, 1.807) is 6.08 Å². The number of rotatable bonds is 4. The quantitative estimate of drug-likeness (QED) is 0.720. The Balaban J connectivity index is 3.12. The first-order valence-corrected chi connectivity index (χ1v) is 4.66. The Morgan fingerprint density at radius 3 is 2.43 bits per heavy atom. The highest BCUT2D eigenvalue weighted by molar-refractivity contribution is 5.31. The highest BCUT2D eigenvalue weighted by atomic mass is 16.3. The fraction of sp³-hybridized carbons (Fsp3) is 0.231. The van der Waals surface area contributed by atoms with Crippen LogP contribution in [-0.4, -0.2) is 5.11 Å². The summed E-state index contributed by atoms with van der Waals surface area (Å²) in [6.45, 7) is 9.31. The molecule has 1 aromatic carbocycles. The number of aliphatic hydroxyl groups is 1. The maximum atomic E-state index is 10.4. The van der Waals surface area contributed by atoms with Crippen molar-refractivity contribution in [1.82, 2.24) is 0 Å². The van der Waals surface area contributed by atoms with Crippen LogP contribution >= 0.6 is 0 Å². The molecule has 1 aromatic rings. The summed E-state index contributed by atoms with van der Waals surface area (Å²) >= 11 is 0. The molecule has 0 saturated heterocycles. The summed E-state index contributed by atoms with van der Waals surface area (Å²) in [7, 11) is 0. The van der Waals surface area contributed by atoms with Crippen LogP contribution in [0.2, 0.25) is 0 Å². The number of hydrogen-bond acceptors (Lipinski definition) is 1. The number of benzene rings is 1. The van der Waals surface area contributed by atoms with Crippen LogP contribution in [-0.2, 0) is 5.60 Å². The van der Waals surface area contributed by atoms with Gasteiger partial charge in [-0.2, -0.15) is 0 Å². The van der Waals surface area contributed by atoms with Gasteiger partial charge in [0.25, 0.3) is 0 Å². The van der Waals surface area contributed by atoms with Crippen molar-refractivity contribution in [2.45, 2.75) is 18.9 Å². The van der Waals surface area contributed by atoms with Gasteiger partial charge in [-0.15, -0.1) is 6.58 Å². The zero-order valence-electron chi connectivity index (χ0n) is 8.53. The highest BCUT2D eigenvalue weighted by Crippen LogP contribution is 2.31. The van der Waals surface area contributed by atoms with E-state index in [1.165, 1.54) is 0 Å². The van der Waals surface area contributed by atoms with Gasteiger partial charge in [0.15, 0.2) is 0 Å². The van der Waals surface area contributed by atoms with Gasteiger partial charge in [0, 0.05) is 6.42 Å². The molecule has 0 amide bonds. The summed E-state index contributed by atoms with van der Waals surface area (Å²) in [5, 5.41) is 10.4.